The lowest BCUT2D eigenvalue weighted by Gasteiger charge is -2.08. The molecule has 1 amide bonds. The molecule has 0 fully saturated rings. The Morgan fingerprint density at radius 1 is 1.11 bits per heavy atom. The molecule has 0 unspecified atom stereocenters. The van der Waals surface area contributed by atoms with Crippen molar-refractivity contribution in [3.63, 3.8) is 0 Å². The number of amides is 1. The van der Waals surface area contributed by atoms with Crippen LogP contribution in [0.5, 0.6) is 0 Å². The van der Waals surface area contributed by atoms with E-state index in [2.05, 4.69) is 15.0 Å². The fourth-order valence-electron chi connectivity index (χ4n) is 1.56. The van der Waals surface area contributed by atoms with Crippen molar-refractivity contribution in [3.05, 3.63) is 59.9 Å². The highest BCUT2D eigenvalue weighted by Gasteiger charge is 2.14. The van der Waals surface area contributed by atoms with Gasteiger partial charge in [-0.05, 0) is 24.3 Å². The minimum absolute atomic E-state index is 0.280. The maximum absolute atomic E-state index is 12.0. The van der Waals surface area contributed by atoms with Gasteiger partial charge in [-0.15, -0.1) is 0 Å². The molecular weight excluding hydrogens is 244 g/mol. The molecule has 19 heavy (non-hydrogen) atoms. The van der Waals surface area contributed by atoms with Crippen molar-refractivity contribution >= 4 is 17.6 Å². The zero-order chi connectivity index (χ0) is 13.7. The number of esters is 1. The van der Waals surface area contributed by atoms with E-state index in [-0.39, 0.29) is 11.6 Å². The molecule has 5 heteroatoms. The molecule has 1 heterocycles. The molecule has 0 aliphatic heterocycles. The molecule has 1 aromatic heterocycles. The largest absolute Gasteiger partial charge is 0.465 e. The molecule has 0 saturated carbocycles. The van der Waals surface area contributed by atoms with E-state index >= 15 is 0 Å². The molecule has 5 nitrogen and oxygen atoms in total. The lowest BCUT2D eigenvalue weighted by atomic mass is 10.1. The highest BCUT2D eigenvalue weighted by Crippen LogP contribution is 2.16. The van der Waals surface area contributed by atoms with Gasteiger partial charge in [0.1, 0.15) is 5.69 Å². The fourth-order valence-corrected chi connectivity index (χ4v) is 1.56. The lowest BCUT2D eigenvalue weighted by Crippen LogP contribution is -2.16. The molecule has 96 valence electrons. The number of aromatic nitrogens is 1. The molecule has 0 atom stereocenters. The quantitative estimate of drug-likeness (QED) is 0.854. The normalized spacial score (nSPS) is 9.74. The van der Waals surface area contributed by atoms with E-state index in [1.165, 1.54) is 13.3 Å². The van der Waals surface area contributed by atoms with E-state index in [0.29, 0.717) is 11.3 Å². The first kappa shape index (κ1) is 12.8. The van der Waals surface area contributed by atoms with Gasteiger partial charge in [0, 0.05) is 6.20 Å². The van der Waals surface area contributed by atoms with Crippen molar-refractivity contribution in [3.8, 4) is 0 Å². The molecular formula is C14H12N2O3. The van der Waals surface area contributed by atoms with Gasteiger partial charge in [0.25, 0.3) is 5.91 Å². The molecule has 1 aromatic carbocycles. The van der Waals surface area contributed by atoms with Crippen molar-refractivity contribution in [1.29, 1.82) is 0 Å². The van der Waals surface area contributed by atoms with Crippen molar-refractivity contribution in [2.45, 2.75) is 0 Å². The van der Waals surface area contributed by atoms with Crippen LogP contribution in [-0.4, -0.2) is 24.0 Å². The van der Waals surface area contributed by atoms with Crippen LogP contribution >= 0.6 is 0 Å². The topological polar surface area (TPSA) is 68.3 Å². The Hall–Kier alpha value is -2.69. The summed E-state index contributed by atoms with van der Waals surface area (Å²) >= 11 is 0. The van der Waals surface area contributed by atoms with E-state index in [1.54, 1.807) is 42.5 Å². The summed E-state index contributed by atoms with van der Waals surface area (Å²) in [5.41, 5.74) is 0.974. The number of nitrogens with one attached hydrogen (secondary N) is 1. The number of benzene rings is 1. The van der Waals surface area contributed by atoms with Gasteiger partial charge in [0.05, 0.1) is 18.4 Å². The summed E-state index contributed by atoms with van der Waals surface area (Å²) in [4.78, 5) is 27.5. The molecule has 2 rings (SSSR count). The van der Waals surface area contributed by atoms with Gasteiger partial charge in [-0.1, -0.05) is 18.2 Å². The van der Waals surface area contributed by atoms with Gasteiger partial charge >= 0.3 is 5.97 Å². The number of nitrogens with zero attached hydrogens (tertiary/aromatic N) is 1. The Kier molecular flexibility index (Phi) is 3.87. The zero-order valence-corrected chi connectivity index (χ0v) is 10.3. The van der Waals surface area contributed by atoms with Gasteiger partial charge in [-0.25, -0.2) is 4.79 Å². The van der Waals surface area contributed by atoms with E-state index in [0.717, 1.165) is 0 Å². The predicted octanol–water partition coefficient (Wildman–Crippen LogP) is 2.12. The molecule has 0 radical (unpaired) electrons. The molecule has 0 spiro atoms. The highest BCUT2D eigenvalue weighted by atomic mass is 16.5. The Morgan fingerprint density at radius 3 is 2.53 bits per heavy atom. The first-order chi connectivity index (χ1) is 9.22. The van der Waals surface area contributed by atoms with Crippen LogP contribution in [0.1, 0.15) is 20.8 Å². The van der Waals surface area contributed by atoms with Crippen molar-refractivity contribution in [2.24, 2.45) is 0 Å². The Labute approximate surface area is 110 Å². The van der Waals surface area contributed by atoms with Gasteiger partial charge < -0.3 is 10.1 Å². The number of rotatable bonds is 3. The van der Waals surface area contributed by atoms with Gasteiger partial charge in [0.15, 0.2) is 0 Å². The summed E-state index contributed by atoms with van der Waals surface area (Å²) in [5, 5.41) is 2.64. The van der Waals surface area contributed by atoms with Crippen LogP contribution in [0.4, 0.5) is 5.69 Å². The van der Waals surface area contributed by atoms with Crippen LogP contribution in [0.15, 0.2) is 48.7 Å². The summed E-state index contributed by atoms with van der Waals surface area (Å²) in [5.74, 6) is -0.881. The van der Waals surface area contributed by atoms with Crippen molar-refractivity contribution in [2.75, 3.05) is 12.4 Å². The summed E-state index contributed by atoms with van der Waals surface area (Å²) in [6.45, 7) is 0. The first-order valence-electron chi connectivity index (χ1n) is 5.62. The molecule has 2 aromatic rings. The first-order valence-corrected chi connectivity index (χ1v) is 5.62. The number of ether oxygens (including phenoxy) is 1. The van der Waals surface area contributed by atoms with Crippen molar-refractivity contribution < 1.29 is 14.3 Å². The van der Waals surface area contributed by atoms with Gasteiger partial charge in [-0.2, -0.15) is 0 Å². The van der Waals surface area contributed by atoms with Crippen LogP contribution in [0.25, 0.3) is 0 Å². The maximum Gasteiger partial charge on any atom is 0.339 e. The van der Waals surface area contributed by atoms with E-state index in [1.807, 2.05) is 0 Å². The Balaban J connectivity index is 2.25. The van der Waals surface area contributed by atoms with Crippen molar-refractivity contribution in [1.82, 2.24) is 4.98 Å². The van der Waals surface area contributed by atoms with Crippen LogP contribution in [-0.2, 0) is 4.74 Å². The zero-order valence-electron chi connectivity index (χ0n) is 10.3. The fraction of sp³-hybridized carbons (Fsp3) is 0.0714. The minimum atomic E-state index is -0.503. The van der Waals surface area contributed by atoms with E-state index in [4.69, 9.17) is 0 Å². The number of hydrogen-bond donors (Lipinski definition) is 1. The number of pyridine rings is 1. The van der Waals surface area contributed by atoms with Gasteiger partial charge in [0.2, 0.25) is 0 Å². The van der Waals surface area contributed by atoms with Crippen LogP contribution in [0.3, 0.4) is 0 Å². The minimum Gasteiger partial charge on any atom is -0.465 e. The molecule has 0 aliphatic rings. The maximum atomic E-state index is 12.0. The molecule has 1 N–H and O–H groups in total. The number of carbonyl (C=O) groups is 2. The number of para-hydroxylation sites is 1. The predicted molar refractivity (Wildman–Crippen MR) is 70.0 cm³/mol. The third-order valence-corrected chi connectivity index (χ3v) is 2.48. The molecule has 0 saturated heterocycles. The van der Waals surface area contributed by atoms with Gasteiger partial charge in [-0.3, -0.25) is 9.78 Å². The standard InChI is InChI=1S/C14H12N2O3/c1-19-14(18)10-6-2-3-7-11(10)16-13(17)12-8-4-5-9-15-12/h2-9H,1H3,(H,16,17). The van der Waals surface area contributed by atoms with Crippen LogP contribution < -0.4 is 5.32 Å². The highest BCUT2D eigenvalue weighted by molar-refractivity contribution is 6.07. The summed E-state index contributed by atoms with van der Waals surface area (Å²) in [6, 6.07) is 11.7. The Morgan fingerprint density at radius 2 is 1.84 bits per heavy atom. The monoisotopic (exact) mass is 256 g/mol. The number of carbonyl (C=O) groups excluding carboxylic acids is 2. The second-order valence-electron chi connectivity index (χ2n) is 3.71. The smallest absolute Gasteiger partial charge is 0.339 e. The number of methoxy groups -OCH3 is 1. The summed E-state index contributed by atoms with van der Waals surface area (Å²) < 4.78 is 4.66. The third kappa shape index (κ3) is 2.95. The molecule has 0 aliphatic carbocycles. The second kappa shape index (κ2) is 5.77. The molecule has 0 bridgehead atoms. The average Bonchev–Trinajstić information content (AvgIpc) is 2.48. The van der Waals surface area contributed by atoms with E-state index in [9.17, 15) is 9.59 Å². The van der Waals surface area contributed by atoms with Crippen LogP contribution in [0, 0.1) is 0 Å². The Bertz CT molecular complexity index is 597. The second-order valence-corrected chi connectivity index (χ2v) is 3.71. The average molecular weight is 256 g/mol. The van der Waals surface area contributed by atoms with E-state index < -0.39 is 5.97 Å². The number of anilines is 1. The summed E-state index contributed by atoms with van der Waals surface area (Å²) in [7, 11) is 1.29. The lowest BCUT2D eigenvalue weighted by molar-refractivity contribution is 0.0602. The summed E-state index contributed by atoms with van der Waals surface area (Å²) in [6.07, 6.45) is 1.53. The van der Waals surface area contributed by atoms with Crippen LogP contribution in [0.2, 0.25) is 0 Å². The number of hydrogen-bond acceptors (Lipinski definition) is 4. The SMILES string of the molecule is COC(=O)c1ccccc1NC(=O)c1ccccn1. The third-order valence-electron chi connectivity index (χ3n) is 2.48.